The molecule has 2 rings (SSSR count). The summed E-state index contributed by atoms with van der Waals surface area (Å²) in [6, 6.07) is 3.36. The maximum atomic E-state index is 12.5. The highest BCUT2D eigenvalue weighted by molar-refractivity contribution is 6.08. The van der Waals surface area contributed by atoms with E-state index in [1.807, 2.05) is 0 Å². The fourth-order valence-corrected chi connectivity index (χ4v) is 2.06. The van der Waals surface area contributed by atoms with Gasteiger partial charge in [0, 0.05) is 12.7 Å². The monoisotopic (exact) mass is 316 g/mol. The summed E-state index contributed by atoms with van der Waals surface area (Å²) >= 11 is 0. The number of methoxy groups -OCH3 is 1. The van der Waals surface area contributed by atoms with Crippen LogP contribution in [0.3, 0.4) is 0 Å². The van der Waals surface area contributed by atoms with E-state index in [2.05, 4.69) is 20.1 Å². The number of nitrogens with zero attached hydrogens (tertiary/aromatic N) is 3. The van der Waals surface area contributed by atoms with Crippen molar-refractivity contribution < 1.29 is 14.3 Å². The Labute approximate surface area is 132 Å². The van der Waals surface area contributed by atoms with Crippen molar-refractivity contribution in [2.45, 2.75) is 20.4 Å². The van der Waals surface area contributed by atoms with Crippen LogP contribution in [-0.4, -0.2) is 33.6 Å². The van der Waals surface area contributed by atoms with Crippen LogP contribution in [0.25, 0.3) is 0 Å². The van der Waals surface area contributed by atoms with Gasteiger partial charge in [-0.1, -0.05) is 0 Å². The summed E-state index contributed by atoms with van der Waals surface area (Å²) in [5.41, 5.74) is -0.322. The number of rotatable bonds is 5. The van der Waals surface area contributed by atoms with Crippen LogP contribution in [0.5, 0.6) is 0 Å². The van der Waals surface area contributed by atoms with Crippen molar-refractivity contribution in [3.8, 4) is 0 Å². The lowest BCUT2D eigenvalue weighted by molar-refractivity contribution is 0.0587. The molecule has 0 atom stereocenters. The van der Waals surface area contributed by atoms with Crippen molar-refractivity contribution in [2.24, 2.45) is 0 Å². The Hall–Kier alpha value is -3.03. The highest BCUT2D eigenvalue weighted by Crippen LogP contribution is 2.20. The van der Waals surface area contributed by atoms with Crippen molar-refractivity contribution in [3.05, 3.63) is 46.1 Å². The minimum absolute atomic E-state index is 0.0252. The van der Waals surface area contributed by atoms with Crippen molar-refractivity contribution in [3.63, 3.8) is 0 Å². The van der Waals surface area contributed by atoms with Gasteiger partial charge in [-0.05, 0) is 26.0 Å². The molecule has 120 valence electrons. The molecule has 0 fully saturated rings. The van der Waals surface area contributed by atoms with E-state index in [1.165, 1.54) is 20.2 Å². The smallest absolute Gasteiger partial charge is 0.359 e. The second-order valence-corrected chi connectivity index (χ2v) is 4.63. The average Bonchev–Trinajstić information content (AvgIpc) is 2.56. The topological polar surface area (TPSA) is 103 Å². The minimum Gasteiger partial charge on any atom is -0.464 e. The Kier molecular flexibility index (Phi) is 4.85. The summed E-state index contributed by atoms with van der Waals surface area (Å²) in [5, 5.41) is 6.79. The van der Waals surface area contributed by atoms with Gasteiger partial charge in [0.1, 0.15) is 5.69 Å². The summed E-state index contributed by atoms with van der Waals surface area (Å²) in [6.45, 7) is 3.20. The first kappa shape index (κ1) is 16.3. The average molecular weight is 316 g/mol. The Morgan fingerprint density at radius 1 is 1.39 bits per heavy atom. The molecule has 8 heteroatoms. The fourth-order valence-electron chi connectivity index (χ4n) is 2.06. The van der Waals surface area contributed by atoms with E-state index in [0.717, 1.165) is 4.68 Å². The third-order valence-electron chi connectivity index (χ3n) is 3.12. The maximum absolute atomic E-state index is 12.5. The Morgan fingerprint density at radius 2 is 2.13 bits per heavy atom. The van der Waals surface area contributed by atoms with Gasteiger partial charge in [-0.25, -0.2) is 9.48 Å². The van der Waals surface area contributed by atoms with E-state index in [1.54, 1.807) is 25.3 Å². The number of ketones is 1. The van der Waals surface area contributed by atoms with Gasteiger partial charge in [0.15, 0.2) is 11.5 Å². The quantitative estimate of drug-likeness (QED) is 0.656. The number of anilines is 2. The van der Waals surface area contributed by atoms with Crippen LogP contribution in [0.15, 0.2) is 29.3 Å². The number of pyridine rings is 1. The number of Topliss-reactive ketones (excluding diaryl/α,β-unsaturated/α-hetero) is 1. The molecule has 0 spiro atoms. The first-order chi connectivity index (χ1) is 11.0. The van der Waals surface area contributed by atoms with E-state index in [-0.39, 0.29) is 23.5 Å². The number of carbonyl (C=O) groups is 2. The van der Waals surface area contributed by atoms with Crippen molar-refractivity contribution in [2.75, 3.05) is 12.4 Å². The number of aromatic nitrogens is 3. The Morgan fingerprint density at radius 3 is 2.65 bits per heavy atom. The molecule has 2 aromatic rings. The van der Waals surface area contributed by atoms with Gasteiger partial charge in [0.2, 0.25) is 0 Å². The molecule has 0 aliphatic heterocycles. The van der Waals surface area contributed by atoms with E-state index >= 15 is 0 Å². The largest absolute Gasteiger partial charge is 0.464 e. The van der Waals surface area contributed by atoms with E-state index < -0.39 is 17.3 Å². The first-order valence-electron chi connectivity index (χ1n) is 6.91. The molecule has 0 unspecified atom stereocenters. The number of hydrogen-bond donors (Lipinski definition) is 1. The summed E-state index contributed by atoms with van der Waals surface area (Å²) in [5.74, 6) is -1.25. The van der Waals surface area contributed by atoms with E-state index in [0.29, 0.717) is 5.69 Å². The number of carbonyl (C=O) groups excluding carboxylic acids is 2. The molecule has 0 aromatic carbocycles. The van der Waals surface area contributed by atoms with Gasteiger partial charge in [0.25, 0.3) is 5.56 Å². The maximum Gasteiger partial charge on any atom is 0.359 e. The van der Waals surface area contributed by atoms with E-state index in [9.17, 15) is 14.4 Å². The first-order valence-corrected chi connectivity index (χ1v) is 6.91. The van der Waals surface area contributed by atoms with Crippen molar-refractivity contribution in [1.82, 2.24) is 14.8 Å². The Balaban J connectivity index is 2.73. The molecule has 0 saturated heterocycles. The predicted octanol–water partition coefficient (Wildman–Crippen LogP) is 1.39. The molecule has 0 aliphatic carbocycles. The molecule has 2 aromatic heterocycles. The minimum atomic E-state index is -0.786. The third kappa shape index (κ3) is 3.25. The number of esters is 1. The molecule has 0 radical (unpaired) electrons. The molecular formula is C15H16N4O4. The van der Waals surface area contributed by atoms with E-state index in [4.69, 9.17) is 0 Å². The van der Waals surface area contributed by atoms with Crippen LogP contribution < -0.4 is 10.9 Å². The lowest BCUT2D eigenvalue weighted by Crippen LogP contribution is -2.30. The standard InChI is InChI=1S/C15H16N4O4/c1-4-19-14(21)12(17-10-6-5-7-16-8-10)11(9(2)20)13(18-19)15(22)23-3/h5-8,17H,4H2,1-3H3. The zero-order valence-corrected chi connectivity index (χ0v) is 13.0. The highest BCUT2D eigenvalue weighted by atomic mass is 16.5. The third-order valence-corrected chi connectivity index (χ3v) is 3.12. The molecule has 0 amide bonds. The van der Waals surface area contributed by atoms with Crippen LogP contribution in [0.4, 0.5) is 11.4 Å². The lowest BCUT2D eigenvalue weighted by Gasteiger charge is -2.14. The van der Waals surface area contributed by atoms with Crippen LogP contribution in [-0.2, 0) is 11.3 Å². The number of hydrogen-bond acceptors (Lipinski definition) is 7. The van der Waals surface area contributed by atoms with Gasteiger partial charge in [-0.3, -0.25) is 14.6 Å². The molecule has 1 N–H and O–H groups in total. The second-order valence-electron chi connectivity index (χ2n) is 4.63. The molecule has 0 bridgehead atoms. The normalized spacial score (nSPS) is 10.2. The number of ether oxygens (including phenoxy) is 1. The van der Waals surface area contributed by atoms with Crippen molar-refractivity contribution >= 4 is 23.1 Å². The molecular weight excluding hydrogens is 300 g/mol. The van der Waals surface area contributed by atoms with Crippen LogP contribution in [0.1, 0.15) is 34.7 Å². The SMILES string of the molecule is CCn1nc(C(=O)OC)c(C(C)=O)c(Nc2cccnc2)c1=O. The molecule has 0 aliphatic rings. The Bertz CT molecular complexity index is 799. The molecule has 2 heterocycles. The van der Waals surface area contributed by atoms with Gasteiger partial charge in [-0.15, -0.1) is 0 Å². The highest BCUT2D eigenvalue weighted by Gasteiger charge is 2.25. The zero-order valence-electron chi connectivity index (χ0n) is 13.0. The van der Waals surface area contributed by atoms with Gasteiger partial charge >= 0.3 is 5.97 Å². The summed E-state index contributed by atoms with van der Waals surface area (Å²) in [6.07, 6.45) is 3.08. The second kappa shape index (κ2) is 6.82. The number of aryl methyl sites for hydroxylation is 1. The van der Waals surface area contributed by atoms with Crippen molar-refractivity contribution in [1.29, 1.82) is 0 Å². The summed E-state index contributed by atoms with van der Waals surface area (Å²) < 4.78 is 5.76. The zero-order chi connectivity index (χ0) is 17.0. The van der Waals surface area contributed by atoms with Crippen LogP contribution in [0, 0.1) is 0 Å². The fraction of sp³-hybridized carbons (Fsp3) is 0.267. The summed E-state index contributed by atoms with van der Waals surface area (Å²) in [4.78, 5) is 40.4. The lowest BCUT2D eigenvalue weighted by atomic mass is 10.1. The van der Waals surface area contributed by atoms with Gasteiger partial charge in [0.05, 0.1) is 24.6 Å². The molecule has 8 nitrogen and oxygen atoms in total. The molecule has 0 saturated carbocycles. The van der Waals surface area contributed by atoms with Crippen LogP contribution >= 0.6 is 0 Å². The number of nitrogens with one attached hydrogen (secondary N) is 1. The summed E-state index contributed by atoms with van der Waals surface area (Å²) in [7, 11) is 1.18. The van der Waals surface area contributed by atoms with Crippen LogP contribution in [0.2, 0.25) is 0 Å². The van der Waals surface area contributed by atoms with Gasteiger partial charge in [-0.2, -0.15) is 5.10 Å². The molecule has 23 heavy (non-hydrogen) atoms. The predicted molar refractivity (Wildman–Crippen MR) is 83.0 cm³/mol. The van der Waals surface area contributed by atoms with Gasteiger partial charge < -0.3 is 10.1 Å².